The first kappa shape index (κ1) is 14.7. The fraction of sp³-hybridized carbons (Fsp3) is 0. The normalized spacial score (nSPS) is 11.1. The van der Waals surface area contributed by atoms with E-state index < -0.39 is 32.4 Å². The smallest absolute Gasteiger partial charge is 0.337 e. The predicted octanol–water partition coefficient (Wildman–Crippen LogP) is 1.30. The minimum atomic E-state index is -4.17. The quantitative estimate of drug-likeness (QED) is 0.578. The van der Waals surface area contributed by atoms with E-state index in [-0.39, 0.29) is 11.4 Å². The van der Waals surface area contributed by atoms with Crippen molar-refractivity contribution in [3.8, 4) is 0 Å². The van der Waals surface area contributed by atoms with Crippen LogP contribution in [0.1, 0.15) is 10.4 Å². The lowest BCUT2D eigenvalue weighted by atomic mass is 10.2. The molecule has 0 aliphatic heterocycles. The number of hydrogen-bond donors (Lipinski definition) is 3. The van der Waals surface area contributed by atoms with Crippen molar-refractivity contribution in [3.05, 3.63) is 48.0 Å². The van der Waals surface area contributed by atoms with Crippen LogP contribution >= 0.6 is 0 Å². The number of benzene rings is 1. The topological polar surface area (TPSA) is 122 Å². The summed E-state index contributed by atoms with van der Waals surface area (Å²) in [4.78, 5) is 14.0. The van der Waals surface area contributed by atoms with Gasteiger partial charge in [0.25, 0.3) is 10.0 Å². The van der Waals surface area contributed by atoms with Gasteiger partial charge in [-0.1, -0.05) is 0 Å². The number of carbonyl (C=O) groups is 1. The van der Waals surface area contributed by atoms with E-state index in [1.807, 2.05) is 0 Å². The fourth-order valence-corrected chi connectivity index (χ4v) is 2.82. The molecule has 9 heteroatoms. The summed E-state index contributed by atoms with van der Waals surface area (Å²) in [7, 11) is -4.17. The predicted molar refractivity (Wildman–Crippen MR) is 72.8 cm³/mol. The number of aromatic nitrogens is 1. The van der Waals surface area contributed by atoms with Crippen molar-refractivity contribution >= 4 is 27.4 Å². The second-order valence-corrected chi connectivity index (χ2v) is 5.69. The number of rotatable bonds is 4. The number of carboxylic acids is 1. The number of nitrogen functional groups attached to an aromatic ring is 1. The van der Waals surface area contributed by atoms with E-state index in [1.54, 1.807) is 0 Å². The standard InChI is InChI=1S/C12H10FN3O4S/c13-11-4-2-8(6-15-11)16-21(19,20)10-3-1-7(14)5-9(10)12(17)18/h1-6,16H,14H2,(H,17,18). The number of nitrogens with zero attached hydrogens (tertiary/aromatic N) is 1. The van der Waals surface area contributed by atoms with Gasteiger partial charge in [0.05, 0.1) is 17.4 Å². The van der Waals surface area contributed by atoms with Crippen molar-refractivity contribution in [2.75, 3.05) is 10.5 Å². The molecule has 0 saturated heterocycles. The third-order valence-corrected chi connectivity index (χ3v) is 3.94. The molecule has 0 bridgehead atoms. The molecule has 2 aromatic rings. The van der Waals surface area contributed by atoms with E-state index in [4.69, 9.17) is 10.8 Å². The van der Waals surface area contributed by atoms with Crippen molar-refractivity contribution in [1.29, 1.82) is 0 Å². The van der Waals surface area contributed by atoms with Gasteiger partial charge in [-0.3, -0.25) is 4.72 Å². The molecule has 0 unspecified atom stereocenters. The molecule has 0 aliphatic carbocycles. The molecule has 2 rings (SSSR count). The Morgan fingerprint density at radius 1 is 1.29 bits per heavy atom. The van der Waals surface area contributed by atoms with Crippen LogP contribution in [0.4, 0.5) is 15.8 Å². The van der Waals surface area contributed by atoms with Gasteiger partial charge in [0.2, 0.25) is 5.95 Å². The van der Waals surface area contributed by atoms with E-state index in [1.165, 1.54) is 6.07 Å². The summed E-state index contributed by atoms with van der Waals surface area (Å²) in [6, 6.07) is 5.53. The minimum Gasteiger partial charge on any atom is -0.478 e. The third-order valence-electron chi connectivity index (χ3n) is 2.50. The van der Waals surface area contributed by atoms with Crippen molar-refractivity contribution in [1.82, 2.24) is 4.98 Å². The average molecular weight is 311 g/mol. The summed E-state index contributed by atoms with van der Waals surface area (Å²) in [5, 5.41) is 9.05. The van der Waals surface area contributed by atoms with Gasteiger partial charge < -0.3 is 10.8 Å². The Bertz CT molecular complexity index is 791. The molecule has 1 aromatic heterocycles. The Morgan fingerprint density at radius 2 is 2.00 bits per heavy atom. The maximum absolute atomic E-state index is 12.7. The van der Waals surface area contributed by atoms with E-state index >= 15 is 0 Å². The van der Waals surface area contributed by atoms with Gasteiger partial charge in [0.15, 0.2) is 0 Å². The number of sulfonamides is 1. The van der Waals surface area contributed by atoms with E-state index in [0.717, 1.165) is 30.5 Å². The van der Waals surface area contributed by atoms with Crippen LogP contribution in [0.2, 0.25) is 0 Å². The number of carboxylic acid groups (broad SMARTS) is 1. The van der Waals surface area contributed by atoms with E-state index in [2.05, 4.69) is 9.71 Å². The molecule has 0 fully saturated rings. The molecule has 7 nitrogen and oxygen atoms in total. The molecular weight excluding hydrogens is 301 g/mol. The van der Waals surface area contributed by atoms with Crippen molar-refractivity contribution in [2.45, 2.75) is 4.90 Å². The highest BCUT2D eigenvalue weighted by atomic mass is 32.2. The summed E-state index contributed by atoms with van der Waals surface area (Å²) in [6.07, 6.45) is 0.977. The van der Waals surface area contributed by atoms with Crippen LogP contribution in [-0.2, 0) is 10.0 Å². The first-order valence-electron chi connectivity index (χ1n) is 5.57. The number of halogens is 1. The number of nitrogens with two attached hydrogens (primary N) is 1. The van der Waals surface area contributed by atoms with Gasteiger partial charge in [-0.2, -0.15) is 4.39 Å². The molecule has 0 atom stereocenters. The zero-order valence-electron chi connectivity index (χ0n) is 10.4. The highest BCUT2D eigenvalue weighted by Gasteiger charge is 2.22. The number of hydrogen-bond acceptors (Lipinski definition) is 5. The fourth-order valence-electron chi connectivity index (χ4n) is 1.60. The molecular formula is C12H10FN3O4S. The minimum absolute atomic E-state index is 0.00423. The monoisotopic (exact) mass is 311 g/mol. The second kappa shape index (κ2) is 5.37. The lowest BCUT2D eigenvalue weighted by Gasteiger charge is -2.10. The second-order valence-electron chi connectivity index (χ2n) is 4.04. The number of nitrogens with one attached hydrogen (secondary N) is 1. The molecule has 0 amide bonds. The average Bonchev–Trinajstić information content (AvgIpc) is 2.40. The first-order chi connectivity index (χ1) is 9.79. The highest BCUT2D eigenvalue weighted by Crippen LogP contribution is 2.21. The summed E-state index contributed by atoms with van der Waals surface area (Å²) in [5.74, 6) is -2.20. The summed E-state index contributed by atoms with van der Waals surface area (Å²) < 4.78 is 39.2. The lowest BCUT2D eigenvalue weighted by Crippen LogP contribution is -2.17. The van der Waals surface area contributed by atoms with E-state index in [9.17, 15) is 17.6 Å². The third kappa shape index (κ3) is 3.26. The van der Waals surface area contributed by atoms with Gasteiger partial charge in [-0.05, 0) is 30.3 Å². The van der Waals surface area contributed by atoms with Crippen LogP contribution in [0.25, 0.3) is 0 Å². The van der Waals surface area contributed by atoms with Crippen molar-refractivity contribution in [2.24, 2.45) is 0 Å². The van der Waals surface area contributed by atoms with E-state index in [0.29, 0.717) is 0 Å². The Labute approximate surface area is 119 Å². The lowest BCUT2D eigenvalue weighted by molar-refractivity contribution is 0.0692. The van der Waals surface area contributed by atoms with Gasteiger partial charge in [-0.15, -0.1) is 0 Å². The van der Waals surface area contributed by atoms with Crippen LogP contribution < -0.4 is 10.5 Å². The molecule has 0 aliphatic rings. The molecule has 0 radical (unpaired) electrons. The summed E-state index contributed by atoms with van der Waals surface area (Å²) >= 11 is 0. The van der Waals surface area contributed by atoms with Crippen LogP contribution in [0, 0.1) is 5.95 Å². The molecule has 110 valence electrons. The van der Waals surface area contributed by atoms with Crippen LogP contribution in [0.3, 0.4) is 0 Å². The summed E-state index contributed by atoms with van der Waals surface area (Å²) in [6.45, 7) is 0. The summed E-state index contributed by atoms with van der Waals surface area (Å²) in [5.41, 5.74) is 5.11. The maximum Gasteiger partial charge on any atom is 0.337 e. The van der Waals surface area contributed by atoms with Crippen molar-refractivity contribution in [3.63, 3.8) is 0 Å². The Balaban J connectivity index is 2.44. The molecule has 0 saturated carbocycles. The molecule has 1 heterocycles. The van der Waals surface area contributed by atoms with Crippen LogP contribution in [0.15, 0.2) is 41.4 Å². The molecule has 1 aromatic carbocycles. The number of aromatic carboxylic acids is 1. The molecule has 0 spiro atoms. The maximum atomic E-state index is 12.7. The van der Waals surface area contributed by atoms with Gasteiger partial charge in [0, 0.05) is 5.69 Å². The highest BCUT2D eigenvalue weighted by molar-refractivity contribution is 7.92. The Kier molecular flexibility index (Phi) is 3.76. The number of anilines is 2. The Hall–Kier alpha value is -2.68. The first-order valence-corrected chi connectivity index (χ1v) is 7.05. The van der Waals surface area contributed by atoms with Gasteiger partial charge in [0.1, 0.15) is 4.90 Å². The van der Waals surface area contributed by atoms with Gasteiger partial charge >= 0.3 is 5.97 Å². The van der Waals surface area contributed by atoms with Gasteiger partial charge in [-0.25, -0.2) is 18.2 Å². The van der Waals surface area contributed by atoms with Crippen molar-refractivity contribution < 1.29 is 22.7 Å². The molecule has 4 N–H and O–H groups in total. The zero-order valence-corrected chi connectivity index (χ0v) is 11.3. The zero-order chi connectivity index (χ0) is 15.6. The molecule has 21 heavy (non-hydrogen) atoms. The van der Waals surface area contributed by atoms with Crippen LogP contribution in [-0.4, -0.2) is 24.5 Å². The SMILES string of the molecule is Nc1ccc(S(=O)(=O)Nc2ccc(F)nc2)c(C(=O)O)c1. The largest absolute Gasteiger partial charge is 0.478 e. The Morgan fingerprint density at radius 3 is 2.57 bits per heavy atom. The van der Waals surface area contributed by atoms with Crippen LogP contribution in [0.5, 0.6) is 0 Å². The number of pyridine rings is 1.